The van der Waals surface area contributed by atoms with Gasteiger partial charge in [0.05, 0.1) is 36.8 Å². The number of aryl methyl sites for hydroxylation is 3. The predicted octanol–water partition coefficient (Wildman–Crippen LogP) is 3.16. The lowest BCUT2D eigenvalue weighted by atomic mass is 10.0. The van der Waals surface area contributed by atoms with Crippen LogP contribution in [0.5, 0.6) is 0 Å². The second-order valence-corrected chi connectivity index (χ2v) is 7.32. The van der Waals surface area contributed by atoms with Crippen molar-refractivity contribution in [3.05, 3.63) is 77.6 Å². The Hall–Kier alpha value is -2.96. The van der Waals surface area contributed by atoms with E-state index in [1.54, 1.807) is 18.0 Å². The largest absolute Gasteiger partial charge is 0.383 e. The van der Waals surface area contributed by atoms with Crippen LogP contribution in [0.25, 0.3) is 0 Å². The van der Waals surface area contributed by atoms with E-state index < -0.39 is 0 Å². The van der Waals surface area contributed by atoms with Crippen LogP contribution in [0.4, 0.5) is 11.4 Å². The molecule has 1 amide bonds. The summed E-state index contributed by atoms with van der Waals surface area (Å²) in [5.41, 5.74) is 5.32. The topological polar surface area (TPSA) is 59.4 Å². The van der Waals surface area contributed by atoms with E-state index in [0.29, 0.717) is 6.61 Å². The number of amides is 1. The summed E-state index contributed by atoms with van der Waals surface area (Å²) in [6.07, 6.45) is 5.59. The van der Waals surface area contributed by atoms with Crippen molar-refractivity contribution in [1.29, 1.82) is 0 Å². The van der Waals surface area contributed by atoms with Crippen LogP contribution >= 0.6 is 0 Å². The number of anilines is 2. The molecule has 1 atom stereocenters. The molecule has 4 rings (SSSR count). The van der Waals surface area contributed by atoms with Gasteiger partial charge in [0.1, 0.15) is 0 Å². The second-order valence-electron chi connectivity index (χ2n) is 7.32. The Kier molecular flexibility index (Phi) is 5.74. The highest BCUT2D eigenvalue weighted by atomic mass is 16.5. The van der Waals surface area contributed by atoms with E-state index in [9.17, 15) is 4.79 Å². The fourth-order valence-electron chi connectivity index (χ4n) is 3.90. The number of rotatable bonds is 6. The number of para-hydroxylation sites is 2. The maximum Gasteiger partial charge on any atom is 0.245 e. The molecule has 0 radical (unpaired) electrons. The Bertz CT molecular complexity index is 950. The van der Waals surface area contributed by atoms with Gasteiger partial charge in [0.15, 0.2) is 0 Å². The highest BCUT2D eigenvalue weighted by molar-refractivity contribution is 6.03. The highest BCUT2D eigenvalue weighted by Gasteiger charge is 2.26. The van der Waals surface area contributed by atoms with Crippen molar-refractivity contribution in [2.45, 2.75) is 18.9 Å². The van der Waals surface area contributed by atoms with Gasteiger partial charge in [0, 0.05) is 25.9 Å². The molecule has 0 saturated carbocycles. The summed E-state index contributed by atoms with van der Waals surface area (Å²) >= 11 is 0. The van der Waals surface area contributed by atoms with E-state index in [1.807, 2.05) is 54.5 Å². The number of fused-ring (bicyclic) bond motifs is 2. The number of aromatic nitrogens is 2. The van der Waals surface area contributed by atoms with Crippen LogP contribution < -0.4 is 10.2 Å². The Labute approximate surface area is 171 Å². The summed E-state index contributed by atoms with van der Waals surface area (Å²) in [4.78, 5) is 15.3. The van der Waals surface area contributed by atoms with Crippen molar-refractivity contribution in [3.8, 4) is 0 Å². The minimum Gasteiger partial charge on any atom is -0.383 e. The maximum atomic E-state index is 13.4. The fourth-order valence-corrected chi connectivity index (χ4v) is 3.90. The van der Waals surface area contributed by atoms with Crippen LogP contribution in [0, 0.1) is 0 Å². The maximum absolute atomic E-state index is 13.4. The van der Waals surface area contributed by atoms with Gasteiger partial charge in [-0.3, -0.25) is 19.7 Å². The Morgan fingerprint density at radius 1 is 1.10 bits per heavy atom. The molecule has 6 heteroatoms. The number of methoxy groups -OCH3 is 1. The highest BCUT2D eigenvalue weighted by Crippen LogP contribution is 2.35. The molecule has 150 valence electrons. The lowest BCUT2D eigenvalue weighted by Crippen LogP contribution is -2.38. The summed E-state index contributed by atoms with van der Waals surface area (Å²) in [5.74, 6) is 0.0109. The average Bonchev–Trinajstić information content (AvgIpc) is 3.09. The standard InChI is InChI=1S/C23H26N4O2/c1-26-15-19(13-25-26)20(16-29-2)24-14-23(28)27-21-9-5-3-7-17(21)11-12-18-8-4-6-10-22(18)27/h3-10,13,15,20,24H,11-12,14,16H2,1-2H3. The van der Waals surface area contributed by atoms with Gasteiger partial charge < -0.3 is 4.74 Å². The average molecular weight is 390 g/mol. The number of hydrogen-bond acceptors (Lipinski definition) is 4. The summed E-state index contributed by atoms with van der Waals surface area (Å²) in [7, 11) is 3.54. The van der Waals surface area contributed by atoms with Gasteiger partial charge in [0.2, 0.25) is 5.91 Å². The number of carbonyl (C=O) groups is 1. The third-order valence-electron chi connectivity index (χ3n) is 5.34. The summed E-state index contributed by atoms with van der Waals surface area (Å²) in [5, 5.41) is 7.59. The van der Waals surface area contributed by atoms with E-state index in [0.717, 1.165) is 29.8 Å². The van der Waals surface area contributed by atoms with Crippen molar-refractivity contribution >= 4 is 17.3 Å². The van der Waals surface area contributed by atoms with Crippen LogP contribution in [0.3, 0.4) is 0 Å². The van der Waals surface area contributed by atoms with Crippen LogP contribution in [-0.4, -0.2) is 35.9 Å². The Balaban J connectivity index is 1.61. The van der Waals surface area contributed by atoms with Crippen LogP contribution in [-0.2, 0) is 29.4 Å². The molecular formula is C23H26N4O2. The van der Waals surface area contributed by atoms with Gasteiger partial charge in [-0.25, -0.2) is 0 Å². The lowest BCUT2D eigenvalue weighted by Gasteiger charge is -2.26. The molecule has 0 saturated heterocycles. The third kappa shape index (κ3) is 4.09. The smallest absolute Gasteiger partial charge is 0.245 e. The van der Waals surface area contributed by atoms with Crippen molar-refractivity contribution in [2.24, 2.45) is 7.05 Å². The molecule has 3 aromatic rings. The molecule has 2 heterocycles. The first-order valence-corrected chi connectivity index (χ1v) is 9.87. The summed E-state index contributed by atoms with van der Waals surface area (Å²) in [6.45, 7) is 0.664. The Morgan fingerprint density at radius 3 is 2.28 bits per heavy atom. The zero-order valence-corrected chi connectivity index (χ0v) is 16.8. The molecule has 0 aliphatic carbocycles. The Morgan fingerprint density at radius 2 is 1.72 bits per heavy atom. The SMILES string of the molecule is COCC(NCC(=O)N1c2ccccc2CCc2ccccc21)c1cnn(C)c1. The molecule has 29 heavy (non-hydrogen) atoms. The quantitative estimate of drug-likeness (QED) is 0.702. The molecule has 1 unspecified atom stereocenters. The van der Waals surface area contributed by atoms with Gasteiger partial charge in [-0.2, -0.15) is 5.10 Å². The summed E-state index contributed by atoms with van der Waals surface area (Å²) in [6, 6.07) is 16.2. The zero-order valence-electron chi connectivity index (χ0n) is 16.8. The number of nitrogens with zero attached hydrogens (tertiary/aromatic N) is 3. The fraction of sp³-hybridized carbons (Fsp3) is 0.304. The van der Waals surface area contributed by atoms with Gasteiger partial charge in [-0.15, -0.1) is 0 Å². The van der Waals surface area contributed by atoms with E-state index >= 15 is 0 Å². The molecule has 0 spiro atoms. The minimum absolute atomic E-state index is 0.0109. The van der Waals surface area contributed by atoms with Gasteiger partial charge in [-0.1, -0.05) is 36.4 Å². The summed E-state index contributed by atoms with van der Waals surface area (Å²) < 4.78 is 7.11. The first kappa shape index (κ1) is 19.4. The van der Waals surface area contributed by atoms with Crippen molar-refractivity contribution < 1.29 is 9.53 Å². The second kappa shape index (κ2) is 8.59. The van der Waals surface area contributed by atoms with E-state index in [1.165, 1.54) is 11.1 Å². The van der Waals surface area contributed by atoms with Crippen molar-refractivity contribution in [3.63, 3.8) is 0 Å². The monoisotopic (exact) mass is 390 g/mol. The number of ether oxygens (including phenoxy) is 1. The van der Waals surface area contributed by atoms with Crippen molar-refractivity contribution in [1.82, 2.24) is 15.1 Å². The van der Waals surface area contributed by atoms with Crippen LogP contribution in [0.15, 0.2) is 60.9 Å². The van der Waals surface area contributed by atoms with Gasteiger partial charge in [-0.05, 0) is 36.1 Å². The van der Waals surface area contributed by atoms with Crippen LogP contribution in [0.1, 0.15) is 22.7 Å². The predicted molar refractivity (Wildman–Crippen MR) is 113 cm³/mol. The number of carbonyl (C=O) groups excluding carboxylic acids is 1. The number of nitrogens with one attached hydrogen (secondary N) is 1. The first-order valence-electron chi connectivity index (χ1n) is 9.87. The lowest BCUT2D eigenvalue weighted by molar-refractivity contribution is -0.117. The number of hydrogen-bond donors (Lipinski definition) is 1. The molecule has 6 nitrogen and oxygen atoms in total. The van der Waals surface area contributed by atoms with Gasteiger partial charge in [0.25, 0.3) is 0 Å². The molecular weight excluding hydrogens is 364 g/mol. The number of benzene rings is 2. The molecule has 1 aliphatic rings. The zero-order chi connectivity index (χ0) is 20.2. The molecule has 1 aromatic heterocycles. The molecule has 0 bridgehead atoms. The van der Waals surface area contributed by atoms with E-state index in [4.69, 9.17) is 4.74 Å². The minimum atomic E-state index is -0.102. The molecule has 0 fully saturated rings. The van der Waals surface area contributed by atoms with E-state index in [-0.39, 0.29) is 18.5 Å². The molecule has 2 aromatic carbocycles. The normalized spacial score (nSPS) is 14.1. The van der Waals surface area contributed by atoms with Gasteiger partial charge >= 0.3 is 0 Å². The molecule has 1 N–H and O–H groups in total. The first-order chi connectivity index (χ1) is 14.2. The molecule has 1 aliphatic heterocycles. The van der Waals surface area contributed by atoms with Crippen LogP contribution in [0.2, 0.25) is 0 Å². The van der Waals surface area contributed by atoms with E-state index in [2.05, 4.69) is 22.5 Å². The third-order valence-corrected chi connectivity index (χ3v) is 5.34. The van der Waals surface area contributed by atoms with Crippen molar-refractivity contribution in [2.75, 3.05) is 25.2 Å².